The molecule has 1 amide bonds. The standard InChI is InChI=1S/C18H16N4O4S/c1-11-8-9-15(16(19-11)22(24)25)26-12(2)17(23)21-18-20-14(10-27-18)13-6-4-3-5-7-13/h3-10,12H,1-2H3,(H,20,21,23)/t12-/m0/s1. The third-order valence-electron chi connectivity index (χ3n) is 3.63. The van der Waals surface area contributed by atoms with E-state index in [2.05, 4.69) is 15.3 Å². The molecule has 8 nitrogen and oxygen atoms in total. The van der Waals surface area contributed by atoms with Gasteiger partial charge in [-0.15, -0.1) is 11.3 Å². The molecule has 138 valence electrons. The van der Waals surface area contributed by atoms with E-state index in [1.54, 1.807) is 13.0 Å². The van der Waals surface area contributed by atoms with Crippen LogP contribution < -0.4 is 10.1 Å². The second-order valence-electron chi connectivity index (χ2n) is 5.68. The Balaban J connectivity index is 1.69. The van der Waals surface area contributed by atoms with Gasteiger partial charge in [-0.2, -0.15) is 0 Å². The van der Waals surface area contributed by atoms with Gasteiger partial charge in [0.1, 0.15) is 5.69 Å². The highest BCUT2D eigenvalue weighted by molar-refractivity contribution is 7.14. The minimum absolute atomic E-state index is 0.0580. The van der Waals surface area contributed by atoms with Crippen LogP contribution in [0.15, 0.2) is 47.8 Å². The van der Waals surface area contributed by atoms with Gasteiger partial charge in [-0.25, -0.2) is 4.98 Å². The lowest BCUT2D eigenvalue weighted by Crippen LogP contribution is -2.30. The van der Waals surface area contributed by atoms with Gasteiger partial charge < -0.3 is 14.9 Å². The van der Waals surface area contributed by atoms with E-state index in [0.29, 0.717) is 10.8 Å². The molecule has 3 rings (SSSR count). The molecule has 9 heteroatoms. The number of ether oxygens (including phenoxy) is 1. The van der Waals surface area contributed by atoms with Gasteiger partial charge in [-0.1, -0.05) is 30.3 Å². The lowest BCUT2D eigenvalue weighted by atomic mass is 10.2. The van der Waals surface area contributed by atoms with Crippen LogP contribution in [0.5, 0.6) is 5.75 Å². The summed E-state index contributed by atoms with van der Waals surface area (Å²) in [5.74, 6) is -0.938. The first-order valence-corrected chi connectivity index (χ1v) is 8.92. The van der Waals surface area contributed by atoms with Gasteiger partial charge in [-0.05, 0) is 29.0 Å². The van der Waals surface area contributed by atoms with Gasteiger partial charge in [0.05, 0.1) is 5.69 Å². The van der Waals surface area contributed by atoms with Gasteiger partial charge in [-0.3, -0.25) is 10.1 Å². The largest absolute Gasteiger partial charge is 0.473 e. The van der Waals surface area contributed by atoms with Gasteiger partial charge in [0.25, 0.3) is 5.91 Å². The fraction of sp³-hybridized carbons (Fsp3) is 0.167. The number of nitrogens with one attached hydrogen (secondary N) is 1. The number of hydrogen-bond acceptors (Lipinski definition) is 7. The zero-order valence-corrected chi connectivity index (χ0v) is 15.4. The van der Waals surface area contributed by atoms with Crippen molar-refractivity contribution in [3.8, 4) is 17.0 Å². The van der Waals surface area contributed by atoms with Crippen molar-refractivity contribution in [1.29, 1.82) is 0 Å². The third kappa shape index (κ3) is 4.45. The number of thiazole rings is 1. The summed E-state index contributed by atoms with van der Waals surface area (Å²) in [6, 6.07) is 12.6. The van der Waals surface area contributed by atoms with Crippen molar-refractivity contribution in [2.75, 3.05) is 5.32 Å². The molecule has 0 aliphatic rings. The Labute approximate surface area is 159 Å². The molecule has 3 aromatic rings. The normalized spacial score (nSPS) is 11.6. The highest BCUT2D eigenvalue weighted by atomic mass is 32.1. The predicted octanol–water partition coefficient (Wildman–Crippen LogP) is 3.83. The average Bonchev–Trinajstić information content (AvgIpc) is 3.12. The molecule has 0 saturated carbocycles. The maximum atomic E-state index is 12.4. The second-order valence-corrected chi connectivity index (χ2v) is 6.54. The van der Waals surface area contributed by atoms with E-state index >= 15 is 0 Å². The number of carbonyl (C=O) groups excluding carboxylic acids is 1. The number of pyridine rings is 1. The Bertz CT molecular complexity index is 975. The van der Waals surface area contributed by atoms with Gasteiger partial charge >= 0.3 is 5.82 Å². The van der Waals surface area contributed by atoms with E-state index in [1.807, 2.05) is 35.7 Å². The van der Waals surface area contributed by atoms with E-state index < -0.39 is 22.8 Å². The molecule has 0 saturated heterocycles. The second kappa shape index (κ2) is 7.92. The van der Waals surface area contributed by atoms with Crippen molar-refractivity contribution in [2.24, 2.45) is 0 Å². The zero-order chi connectivity index (χ0) is 19.4. The molecule has 2 aromatic heterocycles. The van der Waals surface area contributed by atoms with E-state index in [0.717, 1.165) is 11.3 Å². The molecule has 1 aromatic carbocycles. The zero-order valence-electron chi connectivity index (χ0n) is 14.6. The number of aromatic nitrogens is 2. The Morgan fingerprint density at radius 1 is 1.22 bits per heavy atom. The van der Waals surface area contributed by atoms with E-state index in [-0.39, 0.29) is 5.75 Å². The van der Waals surface area contributed by atoms with Crippen molar-refractivity contribution in [1.82, 2.24) is 9.97 Å². The van der Waals surface area contributed by atoms with E-state index in [4.69, 9.17) is 4.74 Å². The number of benzene rings is 1. The number of nitrogens with zero attached hydrogens (tertiary/aromatic N) is 3. The highest BCUT2D eigenvalue weighted by Crippen LogP contribution is 2.27. The summed E-state index contributed by atoms with van der Waals surface area (Å²) in [4.78, 5) is 31.0. The van der Waals surface area contributed by atoms with Crippen LogP contribution in [0.4, 0.5) is 10.9 Å². The highest BCUT2D eigenvalue weighted by Gasteiger charge is 2.23. The van der Waals surface area contributed by atoms with E-state index in [9.17, 15) is 14.9 Å². The van der Waals surface area contributed by atoms with Crippen molar-refractivity contribution >= 4 is 28.2 Å². The number of nitro groups is 1. The molecule has 0 radical (unpaired) electrons. The number of carbonyl (C=O) groups is 1. The molecule has 0 bridgehead atoms. The summed E-state index contributed by atoms with van der Waals surface area (Å²) < 4.78 is 5.45. The van der Waals surface area contributed by atoms with Gasteiger partial charge in [0.2, 0.25) is 5.75 Å². The van der Waals surface area contributed by atoms with Crippen LogP contribution in [0.3, 0.4) is 0 Å². The summed E-state index contributed by atoms with van der Waals surface area (Å²) in [7, 11) is 0. The summed E-state index contributed by atoms with van der Waals surface area (Å²) in [6.45, 7) is 3.14. The molecule has 0 aliphatic carbocycles. The Morgan fingerprint density at radius 3 is 2.67 bits per heavy atom. The Hall–Kier alpha value is -3.33. The first kappa shape index (κ1) is 18.5. The maximum Gasteiger partial charge on any atom is 0.406 e. The van der Waals surface area contributed by atoms with Gasteiger partial charge in [0, 0.05) is 17.9 Å². The lowest BCUT2D eigenvalue weighted by molar-refractivity contribution is -0.390. The van der Waals surface area contributed by atoms with Crippen LogP contribution in [-0.2, 0) is 4.79 Å². The van der Waals surface area contributed by atoms with Crippen LogP contribution in [-0.4, -0.2) is 26.9 Å². The van der Waals surface area contributed by atoms with Crippen molar-refractivity contribution in [3.05, 3.63) is 63.7 Å². The third-order valence-corrected chi connectivity index (χ3v) is 4.39. The molecule has 27 heavy (non-hydrogen) atoms. The summed E-state index contributed by atoms with van der Waals surface area (Å²) >= 11 is 1.29. The summed E-state index contributed by atoms with van der Waals surface area (Å²) in [6.07, 6.45) is -0.961. The van der Waals surface area contributed by atoms with Crippen LogP contribution in [0.25, 0.3) is 11.3 Å². The van der Waals surface area contributed by atoms with Crippen molar-refractivity contribution in [2.45, 2.75) is 20.0 Å². The molecule has 0 aliphatic heterocycles. The quantitative estimate of drug-likeness (QED) is 0.511. The molecule has 0 fully saturated rings. The fourth-order valence-electron chi connectivity index (χ4n) is 2.28. The van der Waals surface area contributed by atoms with Gasteiger partial charge in [0.15, 0.2) is 11.2 Å². The summed E-state index contributed by atoms with van der Waals surface area (Å²) in [5.41, 5.74) is 2.19. The first-order valence-electron chi connectivity index (χ1n) is 8.04. The first-order chi connectivity index (χ1) is 12.9. The van der Waals surface area contributed by atoms with Crippen LogP contribution in [0.2, 0.25) is 0 Å². The topological polar surface area (TPSA) is 107 Å². The number of amides is 1. The number of rotatable bonds is 6. The lowest BCUT2D eigenvalue weighted by Gasteiger charge is -2.13. The Morgan fingerprint density at radius 2 is 1.96 bits per heavy atom. The maximum absolute atomic E-state index is 12.4. The average molecular weight is 384 g/mol. The summed E-state index contributed by atoms with van der Waals surface area (Å²) in [5, 5.41) is 16.0. The van der Waals surface area contributed by atoms with Crippen LogP contribution in [0, 0.1) is 17.0 Å². The molecule has 2 heterocycles. The van der Waals surface area contributed by atoms with E-state index in [1.165, 1.54) is 24.3 Å². The number of hydrogen-bond donors (Lipinski definition) is 1. The number of anilines is 1. The molecule has 1 atom stereocenters. The number of aryl methyl sites for hydroxylation is 1. The molecule has 0 unspecified atom stereocenters. The minimum Gasteiger partial charge on any atom is -0.473 e. The molecule has 1 N–H and O–H groups in total. The molecule has 0 spiro atoms. The molecular weight excluding hydrogens is 368 g/mol. The SMILES string of the molecule is Cc1ccc(O[C@@H](C)C(=O)Nc2nc(-c3ccccc3)cs2)c([N+](=O)[O-])n1. The fourth-order valence-corrected chi connectivity index (χ4v) is 3.00. The molecular formula is C18H16N4O4S. The van der Waals surface area contributed by atoms with Crippen LogP contribution >= 0.6 is 11.3 Å². The predicted molar refractivity (Wildman–Crippen MR) is 102 cm³/mol. The van der Waals surface area contributed by atoms with Crippen LogP contribution in [0.1, 0.15) is 12.6 Å². The van der Waals surface area contributed by atoms with Crippen molar-refractivity contribution < 1.29 is 14.5 Å². The van der Waals surface area contributed by atoms with Crippen molar-refractivity contribution in [3.63, 3.8) is 0 Å². The Kier molecular flexibility index (Phi) is 5.41. The smallest absolute Gasteiger partial charge is 0.406 e. The minimum atomic E-state index is -0.961. The monoisotopic (exact) mass is 384 g/mol.